The van der Waals surface area contributed by atoms with Gasteiger partial charge in [-0.3, -0.25) is 9.59 Å². The fraction of sp³-hybridized carbons (Fsp3) is 0.429. The first-order chi connectivity index (χ1) is 9.81. The van der Waals surface area contributed by atoms with Gasteiger partial charge in [0.25, 0.3) is 0 Å². The van der Waals surface area contributed by atoms with Crippen molar-refractivity contribution in [2.45, 2.75) is 13.0 Å². The Bertz CT molecular complexity index is 521. The minimum absolute atomic E-state index is 0.0707. The van der Waals surface area contributed by atoms with Crippen LogP contribution >= 0.6 is 0 Å². The molecule has 0 fully saturated rings. The summed E-state index contributed by atoms with van der Waals surface area (Å²) < 4.78 is 26.3. The largest absolute Gasteiger partial charge is 0.347 e. The van der Waals surface area contributed by atoms with Crippen molar-refractivity contribution in [1.29, 1.82) is 0 Å². The number of hydrogen-bond donors (Lipinski definition) is 2. The van der Waals surface area contributed by atoms with E-state index in [0.717, 1.165) is 12.1 Å². The van der Waals surface area contributed by atoms with Crippen LogP contribution in [0, 0.1) is 11.6 Å². The molecule has 0 aromatic heterocycles. The second-order valence-electron chi connectivity index (χ2n) is 4.83. The third-order valence-electron chi connectivity index (χ3n) is 2.93. The van der Waals surface area contributed by atoms with Gasteiger partial charge in [0, 0.05) is 31.8 Å². The average Bonchev–Trinajstić information content (AvgIpc) is 2.41. The number of carbonyl (C=O) groups excluding carboxylic acids is 2. The summed E-state index contributed by atoms with van der Waals surface area (Å²) in [5.74, 6) is -1.91. The van der Waals surface area contributed by atoms with Crippen LogP contribution in [-0.2, 0) is 9.59 Å². The first-order valence-corrected chi connectivity index (χ1v) is 6.46. The van der Waals surface area contributed by atoms with Gasteiger partial charge in [-0.1, -0.05) is 6.07 Å². The predicted octanol–water partition coefficient (Wildman–Crippen LogP) is 0.820. The number of carbonyl (C=O) groups is 2. The zero-order valence-electron chi connectivity index (χ0n) is 12.2. The van der Waals surface area contributed by atoms with Crippen molar-refractivity contribution in [3.8, 4) is 0 Å². The summed E-state index contributed by atoms with van der Waals surface area (Å²) in [6, 6.07) is 2.83. The third-order valence-corrected chi connectivity index (χ3v) is 2.93. The Morgan fingerprint density at radius 3 is 2.48 bits per heavy atom. The Kier molecular flexibility index (Phi) is 6.23. The molecule has 1 atom stereocenters. The number of benzene rings is 1. The first-order valence-electron chi connectivity index (χ1n) is 6.46. The van der Waals surface area contributed by atoms with Gasteiger partial charge in [-0.25, -0.2) is 8.78 Å². The molecule has 21 heavy (non-hydrogen) atoms. The molecule has 0 bridgehead atoms. The molecule has 2 N–H and O–H groups in total. The van der Waals surface area contributed by atoms with Gasteiger partial charge >= 0.3 is 0 Å². The van der Waals surface area contributed by atoms with E-state index in [2.05, 4.69) is 10.6 Å². The molecule has 0 saturated carbocycles. The minimum atomic E-state index is -0.668. The number of amides is 2. The van der Waals surface area contributed by atoms with E-state index in [1.807, 2.05) is 0 Å². The average molecular weight is 299 g/mol. The number of nitrogens with one attached hydrogen (secondary N) is 2. The smallest absolute Gasteiger partial charge is 0.241 e. The number of nitrogens with zero attached hydrogens (tertiary/aromatic N) is 1. The Balaban J connectivity index is 2.44. The fourth-order valence-electron chi connectivity index (χ4n) is 1.60. The quantitative estimate of drug-likeness (QED) is 0.817. The zero-order valence-corrected chi connectivity index (χ0v) is 12.2. The number of hydrogen-bond acceptors (Lipinski definition) is 3. The lowest BCUT2D eigenvalue weighted by Crippen LogP contribution is -2.40. The molecule has 0 aliphatic carbocycles. The summed E-state index contributed by atoms with van der Waals surface area (Å²) in [7, 11) is 3.18. The van der Waals surface area contributed by atoms with E-state index in [4.69, 9.17) is 0 Å². The lowest BCUT2D eigenvalue weighted by atomic mass is 10.1. The van der Waals surface area contributed by atoms with Gasteiger partial charge in [0.15, 0.2) is 0 Å². The molecular weight excluding hydrogens is 280 g/mol. The summed E-state index contributed by atoms with van der Waals surface area (Å²) in [4.78, 5) is 24.2. The van der Waals surface area contributed by atoms with Crippen molar-refractivity contribution in [2.24, 2.45) is 0 Å². The van der Waals surface area contributed by atoms with Crippen molar-refractivity contribution in [3.63, 3.8) is 0 Å². The number of rotatable bonds is 6. The standard InChI is InChI=1S/C14H19F2N3O2/c1-9(11-5-4-10(15)6-12(11)16)17-7-13(20)18-8-14(21)19(2)3/h4-6,9,17H,7-8H2,1-3H3,(H,18,20)/t9-/m1/s1. The van der Waals surface area contributed by atoms with Gasteiger partial charge in [-0.2, -0.15) is 0 Å². The van der Waals surface area contributed by atoms with E-state index >= 15 is 0 Å². The highest BCUT2D eigenvalue weighted by Crippen LogP contribution is 2.17. The molecule has 116 valence electrons. The van der Waals surface area contributed by atoms with Crippen LogP contribution in [0.3, 0.4) is 0 Å². The fourth-order valence-corrected chi connectivity index (χ4v) is 1.60. The van der Waals surface area contributed by atoms with E-state index in [1.165, 1.54) is 11.0 Å². The van der Waals surface area contributed by atoms with Crippen LogP contribution in [0.2, 0.25) is 0 Å². The highest BCUT2D eigenvalue weighted by molar-refractivity contribution is 5.85. The SMILES string of the molecule is C[C@@H](NCC(=O)NCC(=O)N(C)C)c1ccc(F)cc1F. The summed E-state index contributed by atoms with van der Waals surface area (Å²) >= 11 is 0. The third kappa shape index (κ3) is 5.47. The Morgan fingerprint density at radius 1 is 1.24 bits per heavy atom. The molecule has 0 spiro atoms. The molecule has 0 aliphatic heterocycles. The summed E-state index contributed by atoms with van der Waals surface area (Å²) in [6.07, 6.45) is 0. The van der Waals surface area contributed by atoms with Gasteiger partial charge in [-0.15, -0.1) is 0 Å². The van der Waals surface area contributed by atoms with Gasteiger partial charge in [-0.05, 0) is 13.0 Å². The van der Waals surface area contributed by atoms with E-state index in [1.54, 1.807) is 21.0 Å². The lowest BCUT2D eigenvalue weighted by Gasteiger charge is -2.15. The topological polar surface area (TPSA) is 61.4 Å². The summed E-state index contributed by atoms with van der Waals surface area (Å²) in [5, 5.41) is 5.26. The molecule has 0 heterocycles. The zero-order chi connectivity index (χ0) is 16.0. The second-order valence-corrected chi connectivity index (χ2v) is 4.83. The molecule has 5 nitrogen and oxygen atoms in total. The normalized spacial score (nSPS) is 11.9. The van der Waals surface area contributed by atoms with Crippen molar-refractivity contribution < 1.29 is 18.4 Å². The van der Waals surface area contributed by atoms with Crippen molar-refractivity contribution in [1.82, 2.24) is 15.5 Å². The van der Waals surface area contributed by atoms with Crippen LogP contribution < -0.4 is 10.6 Å². The van der Waals surface area contributed by atoms with Crippen molar-refractivity contribution in [2.75, 3.05) is 27.2 Å². The minimum Gasteiger partial charge on any atom is -0.347 e. The van der Waals surface area contributed by atoms with Crippen LogP contribution in [0.5, 0.6) is 0 Å². The van der Waals surface area contributed by atoms with Crippen molar-refractivity contribution >= 4 is 11.8 Å². The van der Waals surface area contributed by atoms with Gasteiger partial charge < -0.3 is 15.5 Å². The molecule has 1 rings (SSSR count). The molecule has 1 aromatic carbocycles. The van der Waals surface area contributed by atoms with Crippen molar-refractivity contribution in [3.05, 3.63) is 35.4 Å². The monoisotopic (exact) mass is 299 g/mol. The lowest BCUT2D eigenvalue weighted by molar-refractivity contribution is -0.130. The first kappa shape index (κ1) is 17.0. The maximum Gasteiger partial charge on any atom is 0.241 e. The highest BCUT2D eigenvalue weighted by Gasteiger charge is 2.13. The molecule has 1 aromatic rings. The van der Waals surface area contributed by atoms with Gasteiger partial charge in [0.05, 0.1) is 13.1 Å². The number of likely N-dealkylation sites (N-methyl/N-ethyl adjacent to an activating group) is 1. The van der Waals surface area contributed by atoms with Crippen LogP contribution in [0.15, 0.2) is 18.2 Å². The Hall–Kier alpha value is -2.02. The predicted molar refractivity (Wildman–Crippen MR) is 74.5 cm³/mol. The van der Waals surface area contributed by atoms with E-state index in [0.29, 0.717) is 0 Å². The summed E-state index contributed by atoms with van der Waals surface area (Å²) in [6.45, 7) is 1.50. The van der Waals surface area contributed by atoms with Crippen LogP contribution in [0.25, 0.3) is 0 Å². The maximum absolute atomic E-state index is 13.5. The van der Waals surface area contributed by atoms with Gasteiger partial charge in [0.1, 0.15) is 11.6 Å². The van der Waals surface area contributed by atoms with Crippen LogP contribution in [0.1, 0.15) is 18.5 Å². The molecule has 0 radical (unpaired) electrons. The highest BCUT2D eigenvalue weighted by atomic mass is 19.1. The molecular formula is C14H19F2N3O2. The Morgan fingerprint density at radius 2 is 1.90 bits per heavy atom. The molecule has 2 amide bonds. The van der Waals surface area contributed by atoms with Crippen LogP contribution in [0.4, 0.5) is 8.78 Å². The second kappa shape index (κ2) is 7.68. The van der Waals surface area contributed by atoms with E-state index < -0.39 is 17.7 Å². The molecule has 0 saturated heterocycles. The maximum atomic E-state index is 13.5. The number of halogens is 2. The van der Waals surface area contributed by atoms with E-state index in [9.17, 15) is 18.4 Å². The molecule has 7 heteroatoms. The van der Waals surface area contributed by atoms with Crippen LogP contribution in [-0.4, -0.2) is 43.9 Å². The summed E-state index contributed by atoms with van der Waals surface area (Å²) in [5.41, 5.74) is 0.272. The van der Waals surface area contributed by atoms with Gasteiger partial charge in [0.2, 0.25) is 11.8 Å². The molecule has 0 unspecified atom stereocenters. The molecule has 0 aliphatic rings. The van der Waals surface area contributed by atoms with E-state index in [-0.39, 0.29) is 30.5 Å². The Labute approximate surface area is 122 Å².